The zero-order valence-electron chi connectivity index (χ0n) is 6.62. The molecule has 0 saturated carbocycles. The molecule has 1 aromatic rings. The van der Waals surface area contributed by atoms with Gasteiger partial charge in [0.15, 0.2) is 5.75 Å². The van der Waals surface area contributed by atoms with Gasteiger partial charge < -0.3 is 4.89 Å². The van der Waals surface area contributed by atoms with Crippen molar-refractivity contribution in [3.05, 3.63) is 29.3 Å². The van der Waals surface area contributed by atoms with E-state index in [9.17, 15) is 14.8 Å². The molecule has 0 amide bonds. The van der Waals surface area contributed by atoms with Crippen molar-refractivity contribution in [2.45, 2.75) is 0 Å². The van der Waals surface area contributed by atoms with Crippen LogP contribution >= 0.6 is 23.2 Å². The van der Waals surface area contributed by atoms with Gasteiger partial charge in [0, 0.05) is 10.8 Å². The molecular weight excluding hydrogens is 231 g/mol. The second-order valence-corrected chi connectivity index (χ2v) is 3.03. The van der Waals surface area contributed by atoms with Crippen LogP contribution in [0.2, 0.25) is 0 Å². The van der Waals surface area contributed by atoms with Gasteiger partial charge in [-0.05, 0) is 41.4 Å². The maximum Gasteiger partial charge on any atom is 0.256 e. The van der Waals surface area contributed by atoms with Crippen LogP contribution in [0.3, 0.4) is 0 Å². The number of carbonyl (C=O) groups excluding carboxylic acids is 2. The lowest BCUT2D eigenvalue weighted by Gasteiger charge is -2.01. The minimum atomic E-state index is -0.843. The molecule has 73 valence electrons. The molecule has 0 bridgehead atoms. The van der Waals surface area contributed by atoms with Crippen molar-refractivity contribution in [2.24, 2.45) is 0 Å². The summed E-state index contributed by atoms with van der Waals surface area (Å²) in [5.41, 5.74) is -0.0532. The average molecular weight is 234 g/mol. The van der Waals surface area contributed by atoms with E-state index >= 15 is 0 Å². The molecule has 0 N–H and O–H groups in total. The lowest BCUT2D eigenvalue weighted by Crippen LogP contribution is -1.98. The Bertz CT molecular complexity index is 389. The summed E-state index contributed by atoms with van der Waals surface area (Å²) >= 11 is 10.3. The molecule has 4 nitrogen and oxygen atoms in total. The Kier molecular flexibility index (Phi) is 3.46. The molecule has 0 spiro atoms. The van der Waals surface area contributed by atoms with Gasteiger partial charge in [-0.3, -0.25) is 9.59 Å². The van der Waals surface area contributed by atoms with E-state index in [4.69, 9.17) is 23.2 Å². The van der Waals surface area contributed by atoms with Crippen LogP contribution in [0.4, 0.5) is 0 Å². The molecular formula is C8H3Cl2O4. The summed E-state index contributed by atoms with van der Waals surface area (Å²) in [6.07, 6.45) is 0. The SMILES string of the molecule is [O]Oc1cc(C(=O)Cl)ccc1C(=O)Cl. The zero-order chi connectivity index (χ0) is 10.7. The standard InChI is InChI=1S/C8H3Cl2O4/c9-7(11)4-1-2-5(8(10)12)6(3-4)14-13/h1-3H. The lowest BCUT2D eigenvalue weighted by molar-refractivity contribution is -0.208. The van der Waals surface area contributed by atoms with Crippen LogP contribution in [0.1, 0.15) is 20.7 Å². The molecule has 1 aromatic carbocycles. The van der Waals surface area contributed by atoms with Crippen molar-refractivity contribution >= 4 is 33.7 Å². The highest BCUT2D eigenvalue weighted by atomic mass is 35.5. The summed E-state index contributed by atoms with van der Waals surface area (Å²) < 4.78 is 0. The van der Waals surface area contributed by atoms with Crippen LogP contribution in [0.5, 0.6) is 5.75 Å². The van der Waals surface area contributed by atoms with Gasteiger partial charge in [-0.2, -0.15) is 0 Å². The number of carbonyl (C=O) groups is 2. The largest absolute Gasteiger partial charge is 0.305 e. The van der Waals surface area contributed by atoms with E-state index in [1.54, 1.807) is 0 Å². The molecule has 1 rings (SSSR count). The van der Waals surface area contributed by atoms with Gasteiger partial charge in [-0.15, -0.1) is 0 Å². The summed E-state index contributed by atoms with van der Waals surface area (Å²) in [6.45, 7) is 0. The third-order valence-electron chi connectivity index (χ3n) is 1.51. The molecule has 0 fully saturated rings. The number of hydrogen-bond donors (Lipinski definition) is 0. The van der Waals surface area contributed by atoms with Gasteiger partial charge in [0.1, 0.15) is 0 Å². The number of rotatable bonds is 3. The van der Waals surface area contributed by atoms with E-state index < -0.39 is 10.5 Å². The van der Waals surface area contributed by atoms with Crippen molar-refractivity contribution in [2.75, 3.05) is 0 Å². The third kappa shape index (κ3) is 2.23. The van der Waals surface area contributed by atoms with Crippen molar-refractivity contribution in [3.8, 4) is 5.75 Å². The van der Waals surface area contributed by atoms with Crippen LogP contribution < -0.4 is 4.89 Å². The first-order chi connectivity index (χ1) is 6.56. The average Bonchev–Trinajstić information content (AvgIpc) is 2.16. The molecule has 14 heavy (non-hydrogen) atoms. The summed E-state index contributed by atoms with van der Waals surface area (Å²) in [5, 5.41) is 8.57. The predicted octanol–water partition coefficient (Wildman–Crippen LogP) is 2.17. The fourth-order valence-electron chi connectivity index (χ4n) is 0.876. The van der Waals surface area contributed by atoms with Crippen LogP contribution in [-0.2, 0) is 5.26 Å². The third-order valence-corrected chi connectivity index (χ3v) is 1.93. The maximum absolute atomic E-state index is 10.7. The first kappa shape index (κ1) is 11.0. The monoisotopic (exact) mass is 233 g/mol. The molecule has 0 aliphatic carbocycles. The molecule has 0 atom stereocenters. The number of benzene rings is 1. The van der Waals surface area contributed by atoms with Gasteiger partial charge in [-0.1, -0.05) is 0 Å². The first-order valence-electron chi connectivity index (χ1n) is 3.40. The molecule has 0 aliphatic heterocycles. The van der Waals surface area contributed by atoms with Crippen LogP contribution in [0.15, 0.2) is 18.2 Å². The molecule has 0 unspecified atom stereocenters. The maximum atomic E-state index is 10.7. The van der Waals surface area contributed by atoms with E-state index in [2.05, 4.69) is 4.89 Å². The summed E-state index contributed by atoms with van der Waals surface area (Å²) in [5.74, 6) is -0.323. The van der Waals surface area contributed by atoms with Crippen molar-refractivity contribution in [1.82, 2.24) is 0 Å². The summed E-state index contributed by atoms with van der Waals surface area (Å²) in [7, 11) is 0. The number of hydrogen-bond acceptors (Lipinski definition) is 3. The highest BCUT2D eigenvalue weighted by Crippen LogP contribution is 2.22. The molecule has 6 heteroatoms. The second-order valence-electron chi connectivity index (χ2n) is 2.34. The Labute approximate surface area is 88.9 Å². The first-order valence-corrected chi connectivity index (χ1v) is 4.15. The fourth-order valence-corrected chi connectivity index (χ4v) is 1.15. The van der Waals surface area contributed by atoms with Gasteiger partial charge >= 0.3 is 0 Å². The Morgan fingerprint density at radius 2 is 1.79 bits per heavy atom. The van der Waals surface area contributed by atoms with E-state index in [1.807, 2.05) is 0 Å². The Morgan fingerprint density at radius 1 is 1.14 bits per heavy atom. The van der Waals surface area contributed by atoms with E-state index in [0.717, 1.165) is 6.07 Å². The lowest BCUT2D eigenvalue weighted by atomic mass is 10.1. The molecule has 1 radical (unpaired) electrons. The minimum absolute atomic E-state index is 0.0548. The van der Waals surface area contributed by atoms with Crippen molar-refractivity contribution in [1.29, 1.82) is 0 Å². The highest BCUT2D eigenvalue weighted by Gasteiger charge is 2.13. The van der Waals surface area contributed by atoms with Crippen LogP contribution in [0, 0.1) is 0 Å². The van der Waals surface area contributed by atoms with E-state index in [1.165, 1.54) is 12.1 Å². The molecule has 0 aliphatic rings. The Balaban J connectivity index is 3.25. The number of halogens is 2. The van der Waals surface area contributed by atoms with Crippen molar-refractivity contribution in [3.63, 3.8) is 0 Å². The Hall–Kier alpha value is -1.10. The Morgan fingerprint density at radius 3 is 2.21 bits per heavy atom. The summed E-state index contributed by atoms with van der Waals surface area (Å²) in [4.78, 5) is 25.1. The fraction of sp³-hybridized carbons (Fsp3) is 0. The molecule has 0 saturated heterocycles. The topological polar surface area (TPSA) is 63.3 Å². The quantitative estimate of drug-likeness (QED) is 0.457. The smallest absolute Gasteiger partial charge is 0.256 e. The van der Waals surface area contributed by atoms with Gasteiger partial charge in [0.25, 0.3) is 10.5 Å². The predicted molar refractivity (Wildman–Crippen MR) is 48.1 cm³/mol. The highest BCUT2D eigenvalue weighted by molar-refractivity contribution is 6.68. The zero-order valence-corrected chi connectivity index (χ0v) is 8.13. The summed E-state index contributed by atoms with van der Waals surface area (Å²) in [6, 6.07) is 3.52. The van der Waals surface area contributed by atoms with Crippen molar-refractivity contribution < 1.29 is 19.7 Å². The van der Waals surface area contributed by atoms with Gasteiger partial charge in [-0.25, -0.2) is 0 Å². The molecule has 0 aromatic heterocycles. The molecule has 0 heterocycles. The van der Waals surface area contributed by atoms with E-state index in [0.29, 0.717) is 0 Å². The van der Waals surface area contributed by atoms with Gasteiger partial charge in [0.05, 0.1) is 5.56 Å². The normalized spacial score (nSPS) is 9.64. The van der Waals surface area contributed by atoms with Crippen LogP contribution in [0.25, 0.3) is 0 Å². The minimum Gasteiger partial charge on any atom is -0.305 e. The van der Waals surface area contributed by atoms with Crippen LogP contribution in [-0.4, -0.2) is 10.5 Å². The second kappa shape index (κ2) is 4.41. The van der Waals surface area contributed by atoms with Gasteiger partial charge in [0.2, 0.25) is 0 Å². The van der Waals surface area contributed by atoms with E-state index in [-0.39, 0.29) is 16.9 Å².